The van der Waals surface area contributed by atoms with Gasteiger partial charge in [-0.15, -0.1) is 0 Å². The average molecular weight is 287 g/mol. The molecule has 0 aliphatic heterocycles. The van der Waals surface area contributed by atoms with Crippen LogP contribution >= 0.6 is 11.6 Å². The molecule has 20 heavy (non-hydrogen) atoms. The fourth-order valence-corrected chi connectivity index (χ4v) is 3.23. The third kappa shape index (κ3) is 2.44. The lowest BCUT2D eigenvalue weighted by Crippen LogP contribution is -2.09. The molecule has 1 atom stereocenters. The second-order valence-corrected chi connectivity index (χ2v) is 5.63. The Balaban J connectivity index is 2.18. The molecule has 0 fully saturated rings. The van der Waals surface area contributed by atoms with Crippen molar-refractivity contribution in [2.45, 2.75) is 25.2 Å². The Morgan fingerprint density at radius 2 is 1.80 bits per heavy atom. The first kappa shape index (κ1) is 13.2. The summed E-state index contributed by atoms with van der Waals surface area (Å²) in [5.74, 6) is -0.891. The number of aliphatic carboxylic acids is 1. The molecule has 0 aromatic heterocycles. The third-order valence-electron chi connectivity index (χ3n) is 3.96. The zero-order valence-electron chi connectivity index (χ0n) is 11.0. The molecule has 2 nitrogen and oxygen atoms in total. The highest BCUT2D eigenvalue weighted by Crippen LogP contribution is 2.37. The summed E-state index contributed by atoms with van der Waals surface area (Å²) in [5.41, 5.74) is 4.63. The highest BCUT2D eigenvalue weighted by atomic mass is 35.5. The van der Waals surface area contributed by atoms with Gasteiger partial charge in [0.15, 0.2) is 0 Å². The van der Waals surface area contributed by atoms with Crippen LogP contribution in [0.25, 0.3) is 0 Å². The fourth-order valence-electron chi connectivity index (χ4n) is 3.05. The molecule has 1 aliphatic rings. The van der Waals surface area contributed by atoms with Gasteiger partial charge >= 0.3 is 5.97 Å². The van der Waals surface area contributed by atoms with Gasteiger partial charge < -0.3 is 5.11 Å². The number of carbonyl (C=O) groups is 1. The van der Waals surface area contributed by atoms with Gasteiger partial charge in [0, 0.05) is 10.9 Å². The van der Waals surface area contributed by atoms with Gasteiger partial charge in [0.05, 0.1) is 6.42 Å². The van der Waals surface area contributed by atoms with E-state index in [1.54, 1.807) is 0 Å². The van der Waals surface area contributed by atoms with Gasteiger partial charge in [0.2, 0.25) is 0 Å². The maximum atomic E-state index is 11.3. The molecule has 0 amide bonds. The minimum atomic E-state index is -0.780. The molecule has 1 aliphatic carbocycles. The standard InChI is InChI=1S/C17H15ClO2/c18-13-8-7-12-6-5-11-3-1-2-4-14(11)16(10-17(19)20)15(12)9-13/h1-4,7-9,16H,5-6,10H2,(H,19,20)/t16-/m0/s1. The highest BCUT2D eigenvalue weighted by molar-refractivity contribution is 6.30. The summed E-state index contributed by atoms with van der Waals surface area (Å²) in [6.07, 6.45) is 1.98. The Morgan fingerprint density at radius 1 is 1.10 bits per heavy atom. The first-order valence-electron chi connectivity index (χ1n) is 6.73. The van der Waals surface area contributed by atoms with E-state index in [1.807, 2.05) is 36.4 Å². The fraction of sp³-hybridized carbons (Fsp3) is 0.235. The summed E-state index contributed by atoms with van der Waals surface area (Å²) in [5, 5.41) is 9.91. The molecule has 3 rings (SSSR count). The van der Waals surface area contributed by atoms with Crippen molar-refractivity contribution in [1.29, 1.82) is 0 Å². The quantitative estimate of drug-likeness (QED) is 0.904. The number of hydrogen-bond donors (Lipinski definition) is 1. The Hall–Kier alpha value is -1.80. The summed E-state index contributed by atoms with van der Waals surface area (Å²) in [7, 11) is 0. The molecular formula is C17H15ClO2. The molecule has 2 aromatic carbocycles. The molecule has 1 N–H and O–H groups in total. The van der Waals surface area contributed by atoms with Crippen molar-refractivity contribution in [3.8, 4) is 0 Å². The average Bonchev–Trinajstić information content (AvgIpc) is 2.57. The molecule has 0 saturated heterocycles. The molecule has 3 heteroatoms. The molecule has 0 heterocycles. The minimum absolute atomic E-state index is 0.102. The van der Waals surface area contributed by atoms with Crippen LogP contribution in [0, 0.1) is 0 Å². The van der Waals surface area contributed by atoms with Crippen LogP contribution in [0.3, 0.4) is 0 Å². The van der Waals surface area contributed by atoms with Crippen molar-refractivity contribution >= 4 is 17.6 Å². The minimum Gasteiger partial charge on any atom is -0.481 e. The predicted molar refractivity (Wildman–Crippen MR) is 79.4 cm³/mol. The smallest absolute Gasteiger partial charge is 0.304 e. The zero-order chi connectivity index (χ0) is 14.1. The number of halogens is 1. The first-order valence-corrected chi connectivity index (χ1v) is 7.11. The summed E-state index contributed by atoms with van der Waals surface area (Å²) in [4.78, 5) is 11.3. The lowest BCUT2D eigenvalue weighted by molar-refractivity contribution is -0.137. The Morgan fingerprint density at radius 3 is 2.55 bits per heavy atom. The molecule has 0 saturated carbocycles. The second-order valence-electron chi connectivity index (χ2n) is 5.19. The van der Waals surface area contributed by atoms with Crippen LogP contribution < -0.4 is 0 Å². The Labute approximate surface area is 123 Å². The number of aryl methyl sites for hydroxylation is 2. The molecule has 2 aromatic rings. The van der Waals surface area contributed by atoms with Crippen molar-refractivity contribution in [1.82, 2.24) is 0 Å². The predicted octanol–water partition coefficient (Wildman–Crippen LogP) is 4.05. The Kier molecular flexibility index (Phi) is 3.49. The summed E-state index contributed by atoms with van der Waals surface area (Å²) in [6, 6.07) is 14.0. The number of hydrogen-bond acceptors (Lipinski definition) is 1. The van der Waals surface area contributed by atoms with Crippen LogP contribution in [-0.2, 0) is 17.6 Å². The molecule has 0 unspecified atom stereocenters. The Bertz CT molecular complexity index is 664. The van der Waals surface area contributed by atoms with Crippen molar-refractivity contribution in [3.05, 3.63) is 69.7 Å². The van der Waals surface area contributed by atoms with Crippen molar-refractivity contribution in [3.63, 3.8) is 0 Å². The van der Waals surface area contributed by atoms with E-state index in [4.69, 9.17) is 11.6 Å². The lowest BCUT2D eigenvalue weighted by atomic mass is 9.86. The van der Waals surface area contributed by atoms with Crippen LogP contribution in [0.5, 0.6) is 0 Å². The topological polar surface area (TPSA) is 37.3 Å². The van der Waals surface area contributed by atoms with E-state index in [1.165, 1.54) is 11.1 Å². The molecular weight excluding hydrogens is 272 g/mol. The maximum absolute atomic E-state index is 11.3. The first-order chi connectivity index (χ1) is 9.65. The summed E-state index contributed by atoms with van der Waals surface area (Å²) >= 11 is 6.11. The molecule has 0 bridgehead atoms. The number of rotatable bonds is 2. The van der Waals surface area contributed by atoms with Crippen molar-refractivity contribution < 1.29 is 9.90 Å². The molecule has 0 radical (unpaired) electrons. The third-order valence-corrected chi connectivity index (χ3v) is 4.19. The summed E-state index contributed by atoms with van der Waals surface area (Å²) < 4.78 is 0. The molecule has 0 spiro atoms. The normalized spacial score (nSPS) is 16.9. The zero-order valence-corrected chi connectivity index (χ0v) is 11.7. The molecule has 102 valence electrons. The van der Waals surface area contributed by atoms with Crippen LogP contribution in [-0.4, -0.2) is 11.1 Å². The van der Waals surface area contributed by atoms with E-state index in [2.05, 4.69) is 6.07 Å². The van der Waals surface area contributed by atoms with Gasteiger partial charge in [0.25, 0.3) is 0 Å². The second kappa shape index (κ2) is 5.29. The largest absolute Gasteiger partial charge is 0.481 e. The van der Waals surface area contributed by atoms with Crippen LogP contribution in [0.15, 0.2) is 42.5 Å². The maximum Gasteiger partial charge on any atom is 0.304 e. The van der Waals surface area contributed by atoms with Gasteiger partial charge in [0.1, 0.15) is 0 Å². The van der Waals surface area contributed by atoms with E-state index >= 15 is 0 Å². The number of carboxylic acids is 1. The summed E-state index contributed by atoms with van der Waals surface area (Å²) in [6.45, 7) is 0. The van der Waals surface area contributed by atoms with Gasteiger partial charge in [-0.25, -0.2) is 0 Å². The number of carboxylic acid groups (broad SMARTS) is 1. The number of benzene rings is 2. The van der Waals surface area contributed by atoms with Crippen molar-refractivity contribution in [2.75, 3.05) is 0 Å². The SMILES string of the molecule is O=C(O)C[C@H]1c2ccccc2CCc2ccc(Cl)cc21. The van der Waals surface area contributed by atoms with E-state index in [0.29, 0.717) is 5.02 Å². The van der Waals surface area contributed by atoms with Gasteiger partial charge in [-0.1, -0.05) is 41.9 Å². The van der Waals surface area contributed by atoms with E-state index in [-0.39, 0.29) is 12.3 Å². The van der Waals surface area contributed by atoms with Crippen LogP contribution in [0.1, 0.15) is 34.6 Å². The monoisotopic (exact) mass is 286 g/mol. The number of fused-ring (bicyclic) bond motifs is 2. The van der Waals surface area contributed by atoms with Crippen molar-refractivity contribution in [2.24, 2.45) is 0 Å². The van der Waals surface area contributed by atoms with Crippen LogP contribution in [0.2, 0.25) is 5.02 Å². The van der Waals surface area contributed by atoms with E-state index < -0.39 is 5.97 Å². The van der Waals surface area contributed by atoms with Gasteiger partial charge in [-0.05, 0) is 47.2 Å². The van der Waals surface area contributed by atoms with Gasteiger partial charge in [-0.2, -0.15) is 0 Å². The highest BCUT2D eigenvalue weighted by Gasteiger charge is 2.25. The van der Waals surface area contributed by atoms with E-state index in [0.717, 1.165) is 24.0 Å². The van der Waals surface area contributed by atoms with E-state index in [9.17, 15) is 9.90 Å². The van der Waals surface area contributed by atoms with Gasteiger partial charge in [-0.3, -0.25) is 4.79 Å². The van der Waals surface area contributed by atoms with Crippen LogP contribution in [0.4, 0.5) is 0 Å². The lowest BCUT2D eigenvalue weighted by Gasteiger charge is -2.18.